The smallest absolute Gasteiger partial charge is 0.320 e. The second-order valence-electron chi connectivity index (χ2n) is 14.1. The Kier molecular flexibility index (Phi) is 10.1. The summed E-state index contributed by atoms with van der Waals surface area (Å²) in [4.78, 5) is 27.2. The molecule has 14 heteroatoms. The van der Waals surface area contributed by atoms with E-state index in [0.717, 1.165) is 74.9 Å². The fraction of sp³-hybridized carbons (Fsp3) is 0.514. The zero-order valence-corrected chi connectivity index (χ0v) is 28.7. The van der Waals surface area contributed by atoms with Gasteiger partial charge in [-0.3, -0.25) is 14.3 Å². The summed E-state index contributed by atoms with van der Waals surface area (Å²) < 4.78 is 50.5. The molecule has 0 bridgehead atoms. The minimum absolute atomic E-state index is 0.0839. The SMILES string of the molecule is Cc1c(-c2cc(OCC(C)(C)c3ccc(F)cn3)c3c(c2)ncn3C(F)F)nnn1C1CCN(CC2CN(C(=O)/C=C/CN(C)C)C2)CC1. The first-order chi connectivity index (χ1) is 23.4. The minimum atomic E-state index is -2.81. The number of imidazole rings is 1. The normalized spacial score (nSPS) is 16.8. The lowest BCUT2D eigenvalue weighted by Crippen LogP contribution is -2.54. The number of hydrogen-bond acceptors (Lipinski definition) is 8. The number of ether oxygens (including phenoxy) is 1. The summed E-state index contributed by atoms with van der Waals surface area (Å²) in [5.74, 6) is 0.368. The maximum Gasteiger partial charge on any atom is 0.320 e. The van der Waals surface area contributed by atoms with Crippen LogP contribution in [-0.2, 0) is 10.2 Å². The van der Waals surface area contributed by atoms with Gasteiger partial charge in [0.05, 0.1) is 30.1 Å². The van der Waals surface area contributed by atoms with Crippen molar-refractivity contribution in [1.29, 1.82) is 0 Å². The van der Waals surface area contributed by atoms with E-state index in [2.05, 4.69) is 25.2 Å². The quantitative estimate of drug-likeness (QED) is 0.191. The molecule has 2 saturated heterocycles. The minimum Gasteiger partial charge on any atom is -0.490 e. The molecule has 6 rings (SSSR count). The Bertz CT molecular complexity index is 1790. The molecule has 0 unspecified atom stereocenters. The number of rotatable bonds is 12. The van der Waals surface area contributed by atoms with E-state index >= 15 is 0 Å². The van der Waals surface area contributed by atoms with Crippen LogP contribution in [-0.4, -0.2) is 110 Å². The number of pyridine rings is 1. The standard InChI is InChI=1S/C35H44F3N9O2/c1-23-32(41-42-47(23)27-10-13-44(14-11-27)18-24-19-45(20-24)31(48)7-6-12-43(4)5)25-15-28-33(46(22-40-28)34(37)38)29(16-25)49-21-35(2,3)30-9-8-26(36)17-39-30/h6-9,15-17,22,24,27,34H,10-14,18-21H2,1-5H3/b7-6+. The van der Waals surface area contributed by atoms with Crippen molar-refractivity contribution in [2.24, 2.45) is 5.92 Å². The fourth-order valence-corrected chi connectivity index (χ4v) is 6.64. The van der Waals surface area contributed by atoms with E-state index in [1.54, 1.807) is 24.3 Å². The molecule has 0 radical (unpaired) electrons. The highest BCUT2D eigenvalue weighted by Gasteiger charge is 2.33. The summed E-state index contributed by atoms with van der Waals surface area (Å²) in [5.41, 5.74) is 2.69. The lowest BCUT2D eigenvalue weighted by molar-refractivity contribution is -0.132. The first-order valence-electron chi connectivity index (χ1n) is 16.7. The Balaban J connectivity index is 1.12. The molecule has 5 heterocycles. The Morgan fingerprint density at radius 3 is 2.57 bits per heavy atom. The van der Waals surface area contributed by atoms with E-state index in [9.17, 15) is 18.0 Å². The summed E-state index contributed by atoms with van der Waals surface area (Å²) in [6.45, 7) is 8.24. The number of nitrogens with zero attached hydrogens (tertiary/aromatic N) is 9. The van der Waals surface area contributed by atoms with Gasteiger partial charge in [-0.05, 0) is 58.1 Å². The molecule has 1 aromatic carbocycles. The molecular formula is C35H44F3N9O2. The maximum atomic E-state index is 14.0. The molecule has 4 aromatic rings. The van der Waals surface area contributed by atoms with Gasteiger partial charge in [-0.15, -0.1) is 5.10 Å². The van der Waals surface area contributed by atoms with Gasteiger partial charge in [0, 0.05) is 67.9 Å². The summed E-state index contributed by atoms with van der Waals surface area (Å²) in [7, 11) is 3.95. The molecule has 2 aliphatic heterocycles. The molecule has 11 nitrogen and oxygen atoms in total. The summed E-state index contributed by atoms with van der Waals surface area (Å²) in [5, 5.41) is 9.07. The molecule has 3 aromatic heterocycles. The number of halogens is 3. The Labute approximate surface area is 284 Å². The molecule has 262 valence electrons. The van der Waals surface area contributed by atoms with Crippen molar-refractivity contribution in [2.45, 2.75) is 51.6 Å². The van der Waals surface area contributed by atoms with E-state index in [4.69, 9.17) is 4.74 Å². The summed E-state index contributed by atoms with van der Waals surface area (Å²) in [6, 6.07) is 6.56. The second kappa shape index (κ2) is 14.3. The number of aromatic nitrogens is 6. The first-order valence-corrected chi connectivity index (χ1v) is 16.7. The van der Waals surface area contributed by atoms with E-state index in [1.807, 2.05) is 55.4 Å². The van der Waals surface area contributed by atoms with E-state index < -0.39 is 17.8 Å². The third-order valence-electron chi connectivity index (χ3n) is 9.47. The number of piperidine rings is 1. The lowest BCUT2D eigenvalue weighted by atomic mass is 9.90. The van der Waals surface area contributed by atoms with Gasteiger partial charge in [0.25, 0.3) is 0 Å². The molecule has 2 fully saturated rings. The Morgan fingerprint density at radius 1 is 1.14 bits per heavy atom. The van der Waals surface area contributed by atoms with Crippen LogP contribution in [0.4, 0.5) is 13.2 Å². The van der Waals surface area contributed by atoms with Gasteiger partial charge in [0.2, 0.25) is 5.91 Å². The van der Waals surface area contributed by atoms with Gasteiger partial charge in [-0.25, -0.2) is 14.1 Å². The van der Waals surface area contributed by atoms with Crippen LogP contribution < -0.4 is 4.74 Å². The van der Waals surface area contributed by atoms with Gasteiger partial charge in [0.15, 0.2) is 0 Å². The van der Waals surface area contributed by atoms with Crippen molar-refractivity contribution in [3.63, 3.8) is 0 Å². The van der Waals surface area contributed by atoms with Crippen LogP contribution in [0, 0.1) is 18.7 Å². The number of amides is 1. The van der Waals surface area contributed by atoms with Crippen molar-refractivity contribution >= 4 is 16.9 Å². The maximum absolute atomic E-state index is 14.0. The molecule has 49 heavy (non-hydrogen) atoms. The van der Waals surface area contributed by atoms with Crippen LogP contribution in [0.25, 0.3) is 22.3 Å². The van der Waals surface area contributed by atoms with Crippen molar-refractivity contribution in [2.75, 3.05) is 60.0 Å². The summed E-state index contributed by atoms with van der Waals surface area (Å²) in [6.07, 6.45) is 7.68. The van der Waals surface area contributed by atoms with E-state index in [0.29, 0.717) is 28.4 Å². The highest BCUT2D eigenvalue weighted by atomic mass is 19.3. The molecular weight excluding hydrogens is 635 g/mol. The van der Waals surface area contributed by atoms with Gasteiger partial charge in [-0.2, -0.15) is 8.78 Å². The fourth-order valence-electron chi connectivity index (χ4n) is 6.64. The molecule has 0 atom stereocenters. The van der Waals surface area contributed by atoms with Crippen molar-refractivity contribution < 1.29 is 22.7 Å². The lowest BCUT2D eigenvalue weighted by Gasteiger charge is -2.42. The van der Waals surface area contributed by atoms with Gasteiger partial charge in [0.1, 0.15) is 29.1 Å². The highest BCUT2D eigenvalue weighted by molar-refractivity contribution is 5.88. The Morgan fingerprint density at radius 2 is 1.90 bits per heavy atom. The van der Waals surface area contributed by atoms with Crippen LogP contribution in [0.5, 0.6) is 5.75 Å². The van der Waals surface area contributed by atoms with E-state index in [1.165, 1.54) is 6.07 Å². The number of hydrogen-bond donors (Lipinski definition) is 0. The van der Waals surface area contributed by atoms with Crippen LogP contribution in [0.2, 0.25) is 0 Å². The number of benzene rings is 1. The number of carbonyl (C=O) groups is 1. The number of fused-ring (bicyclic) bond motifs is 1. The number of likely N-dealkylation sites (tertiary alicyclic amines) is 2. The molecule has 0 spiro atoms. The Hall–Kier alpha value is -4.30. The van der Waals surface area contributed by atoms with Crippen molar-refractivity contribution in [3.05, 3.63) is 66.1 Å². The van der Waals surface area contributed by atoms with Crippen molar-refractivity contribution in [3.8, 4) is 17.0 Å². The largest absolute Gasteiger partial charge is 0.490 e. The van der Waals surface area contributed by atoms with Crippen LogP contribution in [0.3, 0.4) is 0 Å². The van der Waals surface area contributed by atoms with Crippen molar-refractivity contribution in [1.82, 2.24) is 44.2 Å². The number of carbonyl (C=O) groups excluding carboxylic acids is 1. The van der Waals surface area contributed by atoms with Gasteiger partial charge in [-0.1, -0.05) is 25.1 Å². The molecule has 0 saturated carbocycles. The number of alkyl halides is 2. The van der Waals surface area contributed by atoms with Gasteiger partial charge >= 0.3 is 6.55 Å². The first kappa shape index (κ1) is 34.6. The predicted octanol–water partition coefficient (Wildman–Crippen LogP) is 5.10. The average molecular weight is 680 g/mol. The molecule has 1 amide bonds. The predicted molar refractivity (Wildman–Crippen MR) is 180 cm³/mol. The average Bonchev–Trinajstić information content (AvgIpc) is 3.65. The number of likely N-dealkylation sites (N-methyl/N-ethyl adjacent to an activating group) is 1. The zero-order chi connectivity index (χ0) is 34.9. The molecule has 0 aliphatic carbocycles. The summed E-state index contributed by atoms with van der Waals surface area (Å²) >= 11 is 0. The third-order valence-corrected chi connectivity index (χ3v) is 9.47. The van der Waals surface area contributed by atoms with Crippen LogP contribution in [0.15, 0.2) is 48.9 Å². The monoisotopic (exact) mass is 679 g/mol. The van der Waals surface area contributed by atoms with E-state index in [-0.39, 0.29) is 29.8 Å². The molecule has 2 aliphatic rings. The second-order valence-corrected chi connectivity index (χ2v) is 14.1. The highest BCUT2D eigenvalue weighted by Crippen LogP contribution is 2.37. The van der Waals surface area contributed by atoms with Crippen LogP contribution in [0.1, 0.15) is 50.7 Å². The van der Waals surface area contributed by atoms with Crippen LogP contribution >= 0.6 is 0 Å². The topological polar surface area (TPSA) is 97.4 Å². The third kappa shape index (κ3) is 7.64. The molecule has 0 N–H and O–H groups in total. The van der Waals surface area contributed by atoms with Gasteiger partial charge < -0.3 is 19.4 Å². The zero-order valence-electron chi connectivity index (χ0n) is 28.7.